The van der Waals surface area contributed by atoms with Crippen molar-refractivity contribution in [1.82, 2.24) is 4.90 Å². The van der Waals surface area contributed by atoms with Gasteiger partial charge in [0.15, 0.2) is 0 Å². The second kappa shape index (κ2) is 6.42. The summed E-state index contributed by atoms with van der Waals surface area (Å²) in [6.45, 7) is 6.22. The molecule has 1 amide bonds. The highest BCUT2D eigenvalue weighted by molar-refractivity contribution is 6.31. The highest BCUT2D eigenvalue weighted by Gasteiger charge is 2.18. The Morgan fingerprint density at radius 3 is 2.61 bits per heavy atom. The molecular formula is C14H17ClN2O. The number of benzene rings is 1. The summed E-state index contributed by atoms with van der Waals surface area (Å²) in [5.74, 6) is -0.0779. The first-order valence-corrected chi connectivity index (χ1v) is 6.28. The summed E-state index contributed by atoms with van der Waals surface area (Å²) in [6, 6.07) is 7.42. The van der Waals surface area contributed by atoms with E-state index in [2.05, 4.69) is 6.07 Å². The van der Waals surface area contributed by atoms with Crippen LogP contribution < -0.4 is 0 Å². The molecule has 3 nitrogen and oxygen atoms in total. The van der Waals surface area contributed by atoms with Crippen molar-refractivity contribution in [2.45, 2.75) is 33.2 Å². The minimum atomic E-state index is -0.0779. The van der Waals surface area contributed by atoms with Crippen LogP contribution in [0.25, 0.3) is 0 Å². The number of hydrogen-bond donors (Lipinski definition) is 0. The largest absolute Gasteiger partial charge is 0.335 e. The third-order valence-electron chi connectivity index (χ3n) is 2.64. The van der Waals surface area contributed by atoms with Gasteiger partial charge in [0, 0.05) is 23.2 Å². The number of nitrogens with zero attached hydrogens (tertiary/aromatic N) is 2. The molecule has 0 bridgehead atoms. The summed E-state index contributed by atoms with van der Waals surface area (Å²) in [7, 11) is 0. The molecule has 0 saturated heterocycles. The smallest absolute Gasteiger partial charge is 0.254 e. The van der Waals surface area contributed by atoms with Crippen LogP contribution in [0.5, 0.6) is 0 Å². The van der Waals surface area contributed by atoms with Gasteiger partial charge in [0.25, 0.3) is 5.91 Å². The Balaban J connectivity index is 2.98. The van der Waals surface area contributed by atoms with Gasteiger partial charge in [-0.3, -0.25) is 4.79 Å². The van der Waals surface area contributed by atoms with E-state index in [1.807, 2.05) is 32.9 Å². The average molecular weight is 265 g/mol. The second-order valence-corrected chi connectivity index (χ2v) is 4.95. The Bertz CT molecular complexity index is 457. The van der Waals surface area contributed by atoms with Crippen LogP contribution >= 0.6 is 11.6 Å². The summed E-state index contributed by atoms with van der Waals surface area (Å²) < 4.78 is 0. The molecule has 96 valence electrons. The van der Waals surface area contributed by atoms with Crippen LogP contribution in [0.4, 0.5) is 0 Å². The maximum absolute atomic E-state index is 12.4. The fraction of sp³-hybridized carbons (Fsp3) is 0.429. The van der Waals surface area contributed by atoms with Gasteiger partial charge in [-0.1, -0.05) is 11.6 Å². The van der Waals surface area contributed by atoms with Crippen molar-refractivity contribution < 1.29 is 4.79 Å². The maximum atomic E-state index is 12.4. The van der Waals surface area contributed by atoms with Gasteiger partial charge in [0.2, 0.25) is 0 Å². The van der Waals surface area contributed by atoms with E-state index in [1.54, 1.807) is 11.0 Å². The molecule has 0 atom stereocenters. The van der Waals surface area contributed by atoms with E-state index in [4.69, 9.17) is 16.9 Å². The first kappa shape index (κ1) is 14.5. The molecule has 0 aliphatic rings. The number of aryl methyl sites for hydroxylation is 1. The van der Waals surface area contributed by atoms with E-state index in [0.29, 0.717) is 23.6 Å². The van der Waals surface area contributed by atoms with Gasteiger partial charge >= 0.3 is 0 Å². The van der Waals surface area contributed by atoms with E-state index in [-0.39, 0.29) is 11.9 Å². The second-order valence-electron chi connectivity index (χ2n) is 4.52. The van der Waals surface area contributed by atoms with E-state index < -0.39 is 0 Å². The van der Waals surface area contributed by atoms with Gasteiger partial charge in [0.05, 0.1) is 12.5 Å². The van der Waals surface area contributed by atoms with Crippen molar-refractivity contribution in [3.05, 3.63) is 34.3 Å². The van der Waals surface area contributed by atoms with Crippen LogP contribution in [0.1, 0.15) is 36.2 Å². The number of nitriles is 1. The van der Waals surface area contributed by atoms with Crippen molar-refractivity contribution in [3.8, 4) is 6.07 Å². The molecule has 0 unspecified atom stereocenters. The lowest BCUT2D eigenvalue weighted by atomic mass is 10.1. The third kappa shape index (κ3) is 3.75. The quantitative estimate of drug-likeness (QED) is 0.836. The van der Waals surface area contributed by atoms with Crippen LogP contribution in [0.15, 0.2) is 18.2 Å². The van der Waals surface area contributed by atoms with E-state index in [1.165, 1.54) is 0 Å². The molecule has 0 saturated carbocycles. The highest BCUT2D eigenvalue weighted by atomic mass is 35.5. The molecule has 1 rings (SSSR count). The zero-order chi connectivity index (χ0) is 13.7. The lowest BCUT2D eigenvalue weighted by Gasteiger charge is -2.26. The molecule has 0 heterocycles. The average Bonchev–Trinajstić information content (AvgIpc) is 2.27. The maximum Gasteiger partial charge on any atom is 0.254 e. The molecule has 0 spiro atoms. The van der Waals surface area contributed by atoms with Crippen LogP contribution in [0.2, 0.25) is 5.02 Å². The lowest BCUT2D eigenvalue weighted by Crippen LogP contribution is -2.37. The molecule has 0 N–H and O–H groups in total. The van der Waals surface area contributed by atoms with Crippen molar-refractivity contribution in [2.75, 3.05) is 6.54 Å². The standard InChI is InChI=1S/C14H17ClN2O/c1-10(2)17(6-4-5-16)14(18)12-7-11(3)8-13(15)9-12/h7-10H,4,6H2,1-3H3. The predicted octanol–water partition coefficient (Wildman–Crippen LogP) is 3.41. The topological polar surface area (TPSA) is 44.1 Å². The Morgan fingerprint density at radius 1 is 1.44 bits per heavy atom. The van der Waals surface area contributed by atoms with Crippen LogP contribution in [0, 0.1) is 18.3 Å². The monoisotopic (exact) mass is 264 g/mol. The summed E-state index contributed by atoms with van der Waals surface area (Å²) in [5, 5.41) is 9.19. The number of carbonyl (C=O) groups is 1. The van der Waals surface area contributed by atoms with Gasteiger partial charge in [-0.25, -0.2) is 0 Å². The molecule has 0 aliphatic heterocycles. The lowest BCUT2D eigenvalue weighted by molar-refractivity contribution is 0.0710. The van der Waals surface area contributed by atoms with Crippen molar-refractivity contribution in [1.29, 1.82) is 5.26 Å². The number of carbonyl (C=O) groups excluding carboxylic acids is 1. The summed E-state index contributed by atoms with van der Waals surface area (Å²) in [6.07, 6.45) is 0.337. The fourth-order valence-corrected chi connectivity index (χ4v) is 2.08. The summed E-state index contributed by atoms with van der Waals surface area (Å²) >= 11 is 5.96. The van der Waals surface area contributed by atoms with E-state index in [0.717, 1.165) is 5.56 Å². The molecule has 1 aromatic carbocycles. The molecule has 18 heavy (non-hydrogen) atoms. The summed E-state index contributed by atoms with van der Waals surface area (Å²) in [5.41, 5.74) is 1.53. The Labute approximate surface area is 113 Å². The Kier molecular flexibility index (Phi) is 5.18. The Hall–Kier alpha value is -1.53. The van der Waals surface area contributed by atoms with Crippen LogP contribution in [-0.2, 0) is 0 Å². The SMILES string of the molecule is Cc1cc(Cl)cc(C(=O)N(CCC#N)C(C)C)c1. The zero-order valence-corrected chi connectivity index (χ0v) is 11.7. The fourth-order valence-electron chi connectivity index (χ4n) is 1.79. The number of halogens is 1. The molecule has 4 heteroatoms. The first-order valence-electron chi connectivity index (χ1n) is 5.91. The third-order valence-corrected chi connectivity index (χ3v) is 2.86. The van der Waals surface area contributed by atoms with Gasteiger partial charge in [-0.15, -0.1) is 0 Å². The number of amides is 1. The summed E-state index contributed by atoms with van der Waals surface area (Å²) in [4.78, 5) is 14.0. The molecular weight excluding hydrogens is 248 g/mol. The minimum Gasteiger partial charge on any atom is -0.335 e. The van der Waals surface area contributed by atoms with Gasteiger partial charge < -0.3 is 4.90 Å². The Morgan fingerprint density at radius 2 is 2.11 bits per heavy atom. The van der Waals surface area contributed by atoms with Gasteiger partial charge in [0.1, 0.15) is 0 Å². The van der Waals surface area contributed by atoms with E-state index >= 15 is 0 Å². The molecule has 1 aromatic rings. The molecule has 0 aromatic heterocycles. The normalized spacial score (nSPS) is 10.2. The van der Waals surface area contributed by atoms with E-state index in [9.17, 15) is 4.79 Å². The van der Waals surface area contributed by atoms with Crippen molar-refractivity contribution in [3.63, 3.8) is 0 Å². The van der Waals surface area contributed by atoms with Gasteiger partial charge in [-0.05, 0) is 44.5 Å². The molecule has 0 aliphatic carbocycles. The van der Waals surface area contributed by atoms with Gasteiger partial charge in [-0.2, -0.15) is 5.26 Å². The van der Waals surface area contributed by atoms with Crippen LogP contribution in [-0.4, -0.2) is 23.4 Å². The minimum absolute atomic E-state index is 0.0603. The van der Waals surface area contributed by atoms with Crippen LogP contribution in [0.3, 0.4) is 0 Å². The highest BCUT2D eigenvalue weighted by Crippen LogP contribution is 2.17. The first-order chi connectivity index (χ1) is 8.45. The zero-order valence-electron chi connectivity index (χ0n) is 10.9. The number of rotatable bonds is 4. The molecule has 0 fully saturated rings. The van der Waals surface area contributed by atoms with Crippen molar-refractivity contribution in [2.24, 2.45) is 0 Å². The number of hydrogen-bond acceptors (Lipinski definition) is 2. The van der Waals surface area contributed by atoms with Crippen molar-refractivity contribution >= 4 is 17.5 Å². The molecule has 0 radical (unpaired) electrons. The predicted molar refractivity (Wildman–Crippen MR) is 72.6 cm³/mol.